The Kier molecular flexibility index (Phi) is 2.92. The first-order valence-corrected chi connectivity index (χ1v) is 5.79. The van der Waals surface area contributed by atoms with Crippen LogP contribution < -0.4 is 0 Å². The molecule has 0 aromatic carbocycles. The van der Waals surface area contributed by atoms with E-state index in [2.05, 4.69) is 31.9 Å². The SMILES string of the molecule is Ic1nc(CC2CCCO2)ns1. The molecule has 2 heterocycles. The van der Waals surface area contributed by atoms with Gasteiger partial charge in [-0.3, -0.25) is 0 Å². The molecule has 1 saturated heterocycles. The standard InChI is InChI=1S/C7H9IN2OS/c8-7-9-6(10-12-7)4-5-2-1-3-11-5/h5H,1-4H2. The molecule has 0 amide bonds. The molecule has 3 nitrogen and oxygen atoms in total. The molecule has 0 saturated carbocycles. The van der Waals surface area contributed by atoms with Gasteiger partial charge in [0.15, 0.2) is 3.01 Å². The minimum Gasteiger partial charge on any atom is -0.378 e. The summed E-state index contributed by atoms with van der Waals surface area (Å²) < 4.78 is 10.7. The van der Waals surface area contributed by atoms with Crippen LogP contribution in [0.5, 0.6) is 0 Å². The lowest BCUT2D eigenvalue weighted by atomic mass is 10.2. The summed E-state index contributed by atoms with van der Waals surface area (Å²) >= 11 is 3.65. The Morgan fingerprint density at radius 3 is 3.17 bits per heavy atom. The van der Waals surface area contributed by atoms with Crippen LogP contribution in [0.1, 0.15) is 18.7 Å². The molecule has 1 atom stereocenters. The van der Waals surface area contributed by atoms with Crippen molar-refractivity contribution >= 4 is 34.1 Å². The Hall–Kier alpha value is 0.250. The second kappa shape index (κ2) is 3.97. The topological polar surface area (TPSA) is 35.0 Å². The molecule has 1 fully saturated rings. The van der Waals surface area contributed by atoms with Crippen molar-refractivity contribution in [1.82, 2.24) is 9.36 Å². The van der Waals surface area contributed by atoms with E-state index in [1.54, 1.807) is 0 Å². The van der Waals surface area contributed by atoms with Crippen molar-refractivity contribution in [3.63, 3.8) is 0 Å². The van der Waals surface area contributed by atoms with Crippen molar-refractivity contribution in [1.29, 1.82) is 0 Å². The molecule has 5 heteroatoms. The lowest BCUT2D eigenvalue weighted by Crippen LogP contribution is -2.09. The van der Waals surface area contributed by atoms with E-state index in [0.717, 1.165) is 28.3 Å². The normalized spacial score (nSPS) is 23.2. The van der Waals surface area contributed by atoms with Crippen molar-refractivity contribution in [2.75, 3.05) is 6.61 Å². The molecule has 0 bridgehead atoms. The van der Waals surface area contributed by atoms with Crippen LogP contribution in [0.4, 0.5) is 0 Å². The second-order valence-corrected chi connectivity index (χ2v) is 5.31. The highest BCUT2D eigenvalue weighted by Gasteiger charge is 2.17. The zero-order valence-electron chi connectivity index (χ0n) is 6.49. The minimum absolute atomic E-state index is 0.371. The maximum absolute atomic E-state index is 5.49. The van der Waals surface area contributed by atoms with Gasteiger partial charge < -0.3 is 4.74 Å². The predicted molar refractivity (Wildman–Crippen MR) is 55.3 cm³/mol. The molecule has 66 valence electrons. The molecular formula is C7H9IN2OS. The van der Waals surface area contributed by atoms with E-state index in [0.29, 0.717) is 6.10 Å². The number of hydrogen-bond acceptors (Lipinski definition) is 4. The largest absolute Gasteiger partial charge is 0.378 e. The first kappa shape index (κ1) is 8.83. The third-order valence-electron chi connectivity index (χ3n) is 1.88. The summed E-state index contributed by atoms with van der Waals surface area (Å²) in [5.41, 5.74) is 0. The number of hydrogen-bond donors (Lipinski definition) is 0. The van der Waals surface area contributed by atoms with Gasteiger partial charge in [-0.1, -0.05) is 0 Å². The summed E-state index contributed by atoms with van der Waals surface area (Å²) in [6.45, 7) is 0.909. The molecule has 1 aliphatic rings. The highest BCUT2D eigenvalue weighted by atomic mass is 127. The number of nitrogens with zero attached hydrogens (tertiary/aromatic N) is 2. The Labute approximate surface area is 88.8 Å². The van der Waals surface area contributed by atoms with Crippen molar-refractivity contribution in [2.45, 2.75) is 25.4 Å². The van der Waals surface area contributed by atoms with E-state index in [9.17, 15) is 0 Å². The van der Waals surface area contributed by atoms with Crippen molar-refractivity contribution in [3.8, 4) is 0 Å². The molecular weight excluding hydrogens is 287 g/mol. The summed E-state index contributed by atoms with van der Waals surface area (Å²) in [4.78, 5) is 4.29. The lowest BCUT2D eigenvalue weighted by molar-refractivity contribution is 0.110. The quantitative estimate of drug-likeness (QED) is 0.781. The van der Waals surface area contributed by atoms with Crippen LogP contribution in [0, 0.1) is 3.01 Å². The third-order valence-corrected chi connectivity index (χ3v) is 3.25. The molecule has 12 heavy (non-hydrogen) atoms. The van der Waals surface area contributed by atoms with Gasteiger partial charge in [-0.15, -0.1) is 0 Å². The average Bonchev–Trinajstić information content (AvgIpc) is 2.63. The first-order chi connectivity index (χ1) is 5.84. The van der Waals surface area contributed by atoms with Gasteiger partial charge in [0.25, 0.3) is 0 Å². The summed E-state index contributed by atoms with van der Waals surface area (Å²) in [5, 5.41) is 0. The summed E-state index contributed by atoms with van der Waals surface area (Å²) in [7, 11) is 0. The van der Waals surface area contributed by atoms with Crippen LogP contribution in [0.15, 0.2) is 0 Å². The maximum Gasteiger partial charge on any atom is 0.173 e. The fourth-order valence-electron chi connectivity index (χ4n) is 1.32. The fourth-order valence-corrected chi connectivity index (χ4v) is 2.34. The van der Waals surface area contributed by atoms with Crippen molar-refractivity contribution < 1.29 is 4.74 Å². The van der Waals surface area contributed by atoms with Crippen LogP contribution >= 0.6 is 34.1 Å². The molecule has 1 unspecified atom stereocenters. The molecule has 1 aliphatic heterocycles. The van der Waals surface area contributed by atoms with Crippen LogP contribution in [0.2, 0.25) is 0 Å². The second-order valence-electron chi connectivity index (χ2n) is 2.80. The van der Waals surface area contributed by atoms with Crippen molar-refractivity contribution in [2.24, 2.45) is 0 Å². The van der Waals surface area contributed by atoms with Gasteiger partial charge in [-0.05, 0) is 47.0 Å². The Morgan fingerprint density at radius 1 is 1.67 bits per heavy atom. The van der Waals surface area contributed by atoms with E-state index in [1.165, 1.54) is 18.0 Å². The van der Waals surface area contributed by atoms with Gasteiger partial charge in [0.05, 0.1) is 6.10 Å². The highest BCUT2D eigenvalue weighted by molar-refractivity contribution is 14.1. The van der Waals surface area contributed by atoms with Crippen molar-refractivity contribution in [3.05, 3.63) is 8.84 Å². The van der Waals surface area contributed by atoms with Gasteiger partial charge in [0, 0.05) is 13.0 Å². The summed E-state index contributed by atoms with van der Waals surface area (Å²) in [6, 6.07) is 0. The smallest absolute Gasteiger partial charge is 0.173 e. The van der Waals surface area contributed by atoms with Crippen LogP contribution in [-0.4, -0.2) is 22.1 Å². The highest BCUT2D eigenvalue weighted by Crippen LogP contribution is 2.17. The number of aromatic nitrogens is 2. The minimum atomic E-state index is 0.371. The van der Waals surface area contributed by atoms with Crippen LogP contribution in [0.3, 0.4) is 0 Å². The van der Waals surface area contributed by atoms with E-state index < -0.39 is 0 Å². The number of halogens is 1. The Morgan fingerprint density at radius 2 is 2.58 bits per heavy atom. The van der Waals surface area contributed by atoms with Gasteiger partial charge in [-0.25, -0.2) is 4.98 Å². The van der Waals surface area contributed by atoms with Gasteiger partial charge >= 0.3 is 0 Å². The molecule has 1 aromatic rings. The zero-order valence-corrected chi connectivity index (χ0v) is 9.47. The number of ether oxygens (including phenoxy) is 1. The zero-order chi connectivity index (χ0) is 8.39. The van der Waals surface area contributed by atoms with Gasteiger partial charge in [0.1, 0.15) is 5.82 Å². The van der Waals surface area contributed by atoms with E-state index in [-0.39, 0.29) is 0 Å². The number of rotatable bonds is 2. The Balaban J connectivity index is 1.94. The summed E-state index contributed by atoms with van der Waals surface area (Å²) in [5.74, 6) is 0.941. The van der Waals surface area contributed by atoms with Crippen LogP contribution in [-0.2, 0) is 11.2 Å². The summed E-state index contributed by atoms with van der Waals surface area (Å²) in [6.07, 6.45) is 3.61. The van der Waals surface area contributed by atoms with E-state index in [4.69, 9.17) is 4.74 Å². The van der Waals surface area contributed by atoms with Gasteiger partial charge in [-0.2, -0.15) is 4.37 Å². The molecule has 0 spiro atoms. The van der Waals surface area contributed by atoms with E-state index in [1.807, 2.05) is 0 Å². The maximum atomic E-state index is 5.49. The molecule has 1 aromatic heterocycles. The fraction of sp³-hybridized carbons (Fsp3) is 0.714. The first-order valence-electron chi connectivity index (χ1n) is 3.94. The van der Waals surface area contributed by atoms with Crippen LogP contribution in [0.25, 0.3) is 0 Å². The van der Waals surface area contributed by atoms with Gasteiger partial charge in [0.2, 0.25) is 0 Å². The predicted octanol–water partition coefficient (Wildman–Crippen LogP) is 1.86. The third kappa shape index (κ3) is 2.14. The lowest BCUT2D eigenvalue weighted by Gasteiger charge is -2.04. The molecule has 0 N–H and O–H groups in total. The molecule has 2 rings (SSSR count). The molecule has 0 radical (unpaired) electrons. The Bertz CT molecular complexity index is 260. The molecule has 0 aliphatic carbocycles. The monoisotopic (exact) mass is 296 g/mol. The average molecular weight is 296 g/mol. The van der Waals surface area contributed by atoms with E-state index >= 15 is 0 Å².